The summed E-state index contributed by atoms with van der Waals surface area (Å²) in [4.78, 5) is 11.1. The Morgan fingerprint density at radius 1 is 1.17 bits per heavy atom. The second-order valence-electron chi connectivity index (χ2n) is 5.72. The lowest BCUT2D eigenvalue weighted by atomic mass is 10.1. The van der Waals surface area contributed by atoms with E-state index >= 15 is 0 Å². The van der Waals surface area contributed by atoms with E-state index in [1.165, 1.54) is 5.56 Å². The molecule has 4 rings (SSSR count). The SMILES string of the molecule is Cc1ncc2c(n1)CCN(Cc1nnc(-c3ccccc3)o1)C2. The van der Waals surface area contributed by atoms with Crippen LogP contribution in [0.5, 0.6) is 0 Å². The number of rotatable bonds is 3. The number of nitrogens with zero attached hydrogens (tertiary/aromatic N) is 5. The van der Waals surface area contributed by atoms with Crippen molar-refractivity contribution in [3.63, 3.8) is 0 Å². The molecule has 6 nitrogen and oxygen atoms in total. The molecular formula is C17H17N5O. The second-order valence-corrected chi connectivity index (χ2v) is 5.72. The molecule has 116 valence electrons. The molecule has 0 amide bonds. The van der Waals surface area contributed by atoms with Crippen molar-refractivity contribution in [3.8, 4) is 11.5 Å². The topological polar surface area (TPSA) is 67.9 Å². The van der Waals surface area contributed by atoms with E-state index in [1.807, 2.05) is 43.5 Å². The molecule has 0 spiro atoms. The van der Waals surface area contributed by atoms with Crippen molar-refractivity contribution >= 4 is 0 Å². The van der Waals surface area contributed by atoms with E-state index in [0.29, 0.717) is 18.3 Å². The number of hydrogen-bond donors (Lipinski definition) is 0. The number of fused-ring (bicyclic) bond motifs is 1. The molecule has 1 aromatic carbocycles. The van der Waals surface area contributed by atoms with Gasteiger partial charge in [0.05, 0.1) is 6.54 Å². The Bertz CT molecular complexity index is 815. The Morgan fingerprint density at radius 2 is 2.04 bits per heavy atom. The van der Waals surface area contributed by atoms with Gasteiger partial charge in [0.1, 0.15) is 5.82 Å². The van der Waals surface area contributed by atoms with E-state index < -0.39 is 0 Å². The summed E-state index contributed by atoms with van der Waals surface area (Å²) in [5, 5.41) is 8.31. The van der Waals surface area contributed by atoms with Gasteiger partial charge in [0.15, 0.2) is 0 Å². The zero-order valence-corrected chi connectivity index (χ0v) is 12.9. The average molecular weight is 307 g/mol. The first kappa shape index (κ1) is 14.0. The lowest BCUT2D eigenvalue weighted by Gasteiger charge is -2.26. The smallest absolute Gasteiger partial charge is 0.247 e. The molecule has 0 unspecified atom stereocenters. The summed E-state index contributed by atoms with van der Waals surface area (Å²) in [5.74, 6) is 2.04. The highest BCUT2D eigenvalue weighted by Gasteiger charge is 2.20. The Hall–Kier alpha value is -2.60. The van der Waals surface area contributed by atoms with Crippen LogP contribution in [0, 0.1) is 6.92 Å². The van der Waals surface area contributed by atoms with Crippen molar-refractivity contribution < 1.29 is 4.42 Å². The van der Waals surface area contributed by atoms with Crippen molar-refractivity contribution in [1.82, 2.24) is 25.1 Å². The summed E-state index contributed by atoms with van der Waals surface area (Å²) >= 11 is 0. The monoisotopic (exact) mass is 307 g/mol. The highest BCUT2D eigenvalue weighted by Crippen LogP contribution is 2.21. The molecule has 0 atom stereocenters. The summed E-state index contributed by atoms with van der Waals surface area (Å²) in [7, 11) is 0. The molecule has 0 saturated heterocycles. The maximum Gasteiger partial charge on any atom is 0.247 e. The Morgan fingerprint density at radius 3 is 2.91 bits per heavy atom. The van der Waals surface area contributed by atoms with E-state index in [4.69, 9.17) is 4.42 Å². The summed E-state index contributed by atoms with van der Waals surface area (Å²) in [6.07, 6.45) is 2.85. The van der Waals surface area contributed by atoms with Crippen LogP contribution in [-0.2, 0) is 19.5 Å². The number of hydrogen-bond acceptors (Lipinski definition) is 6. The van der Waals surface area contributed by atoms with Crippen LogP contribution in [0.3, 0.4) is 0 Å². The minimum atomic E-state index is 0.567. The van der Waals surface area contributed by atoms with Crippen molar-refractivity contribution in [2.24, 2.45) is 0 Å². The molecule has 0 saturated carbocycles. The minimum Gasteiger partial charge on any atom is -0.419 e. The van der Waals surface area contributed by atoms with E-state index in [2.05, 4.69) is 25.1 Å². The first-order valence-corrected chi connectivity index (χ1v) is 7.69. The molecule has 2 aromatic heterocycles. The van der Waals surface area contributed by atoms with Crippen molar-refractivity contribution in [1.29, 1.82) is 0 Å². The Kier molecular flexibility index (Phi) is 3.59. The standard InChI is InChI=1S/C17H17N5O/c1-12-18-9-14-10-22(8-7-15(14)19-12)11-16-20-21-17(23-16)13-5-3-2-4-6-13/h2-6,9H,7-8,10-11H2,1H3. The van der Waals surface area contributed by atoms with Crippen LogP contribution in [0.25, 0.3) is 11.5 Å². The molecule has 3 aromatic rings. The highest BCUT2D eigenvalue weighted by molar-refractivity contribution is 5.51. The van der Waals surface area contributed by atoms with Gasteiger partial charge in [-0.25, -0.2) is 9.97 Å². The van der Waals surface area contributed by atoms with Gasteiger partial charge in [0.25, 0.3) is 0 Å². The Balaban J connectivity index is 1.47. The van der Waals surface area contributed by atoms with Gasteiger partial charge >= 0.3 is 0 Å². The third-order valence-corrected chi connectivity index (χ3v) is 3.98. The first-order chi connectivity index (χ1) is 11.3. The molecule has 0 fully saturated rings. The van der Waals surface area contributed by atoms with Crippen LogP contribution in [0.4, 0.5) is 0 Å². The molecule has 23 heavy (non-hydrogen) atoms. The van der Waals surface area contributed by atoms with Gasteiger partial charge in [-0.15, -0.1) is 10.2 Å². The van der Waals surface area contributed by atoms with E-state index in [0.717, 1.165) is 36.6 Å². The third kappa shape index (κ3) is 2.98. The minimum absolute atomic E-state index is 0.567. The van der Waals surface area contributed by atoms with Gasteiger partial charge in [0.2, 0.25) is 11.8 Å². The van der Waals surface area contributed by atoms with Gasteiger partial charge in [-0.1, -0.05) is 18.2 Å². The fourth-order valence-electron chi connectivity index (χ4n) is 2.82. The maximum absolute atomic E-state index is 5.78. The summed E-state index contributed by atoms with van der Waals surface area (Å²) in [5.41, 5.74) is 3.29. The zero-order chi connectivity index (χ0) is 15.6. The summed E-state index contributed by atoms with van der Waals surface area (Å²) < 4.78 is 5.78. The molecular weight excluding hydrogens is 290 g/mol. The van der Waals surface area contributed by atoms with Crippen LogP contribution in [0.2, 0.25) is 0 Å². The molecule has 1 aliphatic heterocycles. The predicted octanol–water partition coefficient (Wildman–Crippen LogP) is 2.39. The maximum atomic E-state index is 5.78. The van der Waals surface area contributed by atoms with E-state index in [9.17, 15) is 0 Å². The van der Waals surface area contributed by atoms with Gasteiger partial charge in [0, 0.05) is 42.5 Å². The number of aryl methyl sites for hydroxylation is 1. The molecule has 0 radical (unpaired) electrons. The lowest BCUT2D eigenvalue weighted by Crippen LogP contribution is -2.31. The summed E-state index contributed by atoms with van der Waals surface area (Å²) in [6.45, 7) is 4.33. The van der Waals surface area contributed by atoms with Crippen molar-refractivity contribution in [2.75, 3.05) is 6.54 Å². The quantitative estimate of drug-likeness (QED) is 0.740. The van der Waals surface area contributed by atoms with Gasteiger partial charge in [-0.05, 0) is 19.1 Å². The molecule has 0 bridgehead atoms. The molecule has 3 heterocycles. The largest absolute Gasteiger partial charge is 0.419 e. The average Bonchev–Trinajstić information content (AvgIpc) is 3.04. The molecule has 0 N–H and O–H groups in total. The normalized spacial score (nSPS) is 14.7. The van der Waals surface area contributed by atoms with Crippen molar-refractivity contribution in [2.45, 2.75) is 26.4 Å². The molecule has 1 aliphatic rings. The van der Waals surface area contributed by atoms with E-state index in [-0.39, 0.29) is 0 Å². The van der Waals surface area contributed by atoms with Gasteiger partial charge in [-0.2, -0.15) is 0 Å². The fraction of sp³-hybridized carbons (Fsp3) is 0.294. The molecule has 6 heteroatoms. The van der Waals surface area contributed by atoms with Gasteiger partial charge in [-0.3, -0.25) is 4.90 Å². The summed E-state index contributed by atoms with van der Waals surface area (Å²) in [6, 6.07) is 9.82. The molecule has 0 aliphatic carbocycles. The van der Waals surface area contributed by atoms with Crippen LogP contribution in [0.1, 0.15) is 23.0 Å². The number of benzene rings is 1. The zero-order valence-electron chi connectivity index (χ0n) is 12.9. The van der Waals surface area contributed by atoms with Crippen LogP contribution >= 0.6 is 0 Å². The third-order valence-electron chi connectivity index (χ3n) is 3.98. The highest BCUT2D eigenvalue weighted by atomic mass is 16.4. The second kappa shape index (κ2) is 5.89. The van der Waals surface area contributed by atoms with Crippen LogP contribution in [0.15, 0.2) is 40.9 Å². The lowest BCUT2D eigenvalue weighted by molar-refractivity contribution is 0.219. The van der Waals surface area contributed by atoms with E-state index in [1.54, 1.807) is 0 Å². The van der Waals surface area contributed by atoms with Gasteiger partial charge < -0.3 is 4.42 Å². The van der Waals surface area contributed by atoms with Crippen LogP contribution < -0.4 is 0 Å². The first-order valence-electron chi connectivity index (χ1n) is 7.69. The van der Waals surface area contributed by atoms with Crippen molar-refractivity contribution in [3.05, 3.63) is 59.5 Å². The Labute approximate surface area is 134 Å². The fourth-order valence-corrected chi connectivity index (χ4v) is 2.82. The number of aromatic nitrogens is 4. The van der Waals surface area contributed by atoms with Crippen LogP contribution in [-0.4, -0.2) is 31.6 Å². The predicted molar refractivity (Wildman–Crippen MR) is 84.3 cm³/mol.